The summed E-state index contributed by atoms with van der Waals surface area (Å²) in [5.41, 5.74) is -0.265. The van der Waals surface area contributed by atoms with E-state index in [0.717, 1.165) is 37.9 Å². The highest BCUT2D eigenvalue weighted by Gasteiger charge is 2.62. The molecule has 0 aromatic heterocycles. The molecule has 0 amide bonds. The second-order valence-electron chi connectivity index (χ2n) is 7.23. The highest BCUT2D eigenvalue weighted by atomic mass is 16.5. The largest absolute Gasteiger partial charge is 0.491 e. The van der Waals surface area contributed by atoms with E-state index in [-0.39, 0.29) is 28.0 Å². The molecule has 2 fully saturated rings. The van der Waals surface area contributed by atoms with Gasteiger partial charge in [0, 0.05) is 23.3 Å². The topological polar surface area (TPSA) is 43.4 Å². The van der Waals surface area contributed by atoms with Crippen LogP contribution in [0.2, 0.25) is 0 Å². The second kappa shape index (κ2) is 3.96. The third-order valence-corrected chi connectivity index (χ3v) is 5.77. The number of fused-ring (bicyclic) bond motifs is 1. The van der Waals surface area contributed by atoms with E-state index in [2.05, 4.69) is 19.1 Å². The maximum absolute atomic E-state index is 11.8. The number of ether oxygens (including phenoxy) is 1. The van der Waals surface area contributed by atoms with Crippen LogP contribution >= 0.6 is 0 Å². The van der Waals surface area contributed by atoms with Crippen LogP contribution in [0.4, 0.5) is 0 Å². The van der Waals surface area contributed by atoms with Crippen molar-refractivity contribution in [3.8, 4) is 0 Å². The van der Waals surface area contributed by atoms with Gasteiger partial charge in [-0.05, 0) is 44.3 Å². The molecular weight excluding hydrogens is 264 g/mol. The predicted molar refractivity (Wildman–Crippen MR) is 78.4 cm³/mol. The first kappa shape index (κ1) is 13.1. The fourth-order valence-corrected chi connectivity index (χ4v) is 4.85. The minimum Gasteiger partial charge on any atom is -0.491 e. The molecule has 2 bridgehead atoms. The Bertz CT molecular complexity index is 608. The van der Waals surface area contributed by atoms with Crippen LogP contribution in [-0.4, -0.2) is 17.2 Å². The van der Waals surface area contributed by atoms with Gasteiger partial charge in [-0.25, -0.2) is 0 Å². The number of ketones is 2. The summed E-state index contributed by atoms with van der Waals surface area (Å²) in [6.45, 7) is 2.16. The fourth-order valence-electron chi connectivity index (χ4n) is 4.85. The first-order valence-corrected chi connectivity index (χ1v) is 7.85. The summed E-state index contributed by atoms with van der Waals surface area (Å²) in [5.74, 6) is 1.17. The highest BCUT2D eigenvalue weighted by Crippen LogP contribution is 2.66. The van der Waals surface area contributed by atoms with Crippen molar-refractivity contribution < 1.29 is 14.3 Å². The average Bonchev–Trinajstić information content (AvgIpc) is 2.71. The molecule has 1 aliphatic heterocycles. The summed E-state index contributed by atoms with van der Waals surface area (Å²) in [5, 5.41) is 0. The van der Waals surface area contributed by atoms with E-state index in [9.17, 15) is 9.59 Å². The molecule has 4 rings (SSSR count). The van der Waals surface area contributed by atoms with Crippen molar-refractivity contribution in [3.63, 3.8) is 0 Å². The highest BCUT2D eigenvalue weighted by molar-refractivity contribution is 6.00. The third kappa shape index (κ3) is 1.79. The molecule has 3 heteroatoms. The molecule has 0 N–H and O–H groups in total. The van der Waals surface area contributed by atoms with Crippen molar-refractivity contribution in [2.75, 3.05) is 0 Å². The minimum absolute atomic E-state index is 0.00274. The third-order valence-electron chi connectivity index (χ3n) is 5.77. The zero-order chi connectivity index (χ0) is 14.7. The standard InChI is InChI=1S/C18H20O3/c1-2-18-11-16(6-3-13(19)4-7-16)10-17(12-18)8-5-14(20)9-15(17)21-18/h3-4,6-7,9H,2,5,8,10-12H2,1H3/t17-,18+/m1/s1. The maximum atomic E-state index is 11.8. The van der Waals surface area contributed by atoms with E-state index in [1.165, 1.54) is 0 Å². The van der Waals surface area contributed by atoms with Gasteiger partial charge in [-0.3, -0.25) is 9.59 Å². The summed E-state index contributed by atoms with van der Waals surface area (Å²) in [4.78, 5) is 23.2. The van der Waals surface area contributed by atoms with Gasteiger partial charge < -0.3 is 4.74 Å². The van der Waals surface area contributed by atoms with E-state index < -0.39 is 0 Å². The Kier molecular flexibility index (Phi) is 2.46. The normalized spacial score (nSPS) is 39.2. The van der Waals surface area contributed by atoms with Gasteiger partial charge in [-0.1, -0.05) is 19.1 Å². The molecule has 3 nitrogen and oxygen atoms in total. The van der Waals surface area contributed by atoms with Gasteiger partial charge in [0.1, 0.15) is 11.4 Å². The van der Waals surface area contributed by atoms with Crippen LogP contribution in [0.3, 0.4) is 0 Å². The lowest BCUT2D eigenvalue weighted by molar-refractivity contribution is -0.116. The van der Waals surface area contributed by atoms with Crippen LogP contribution < -0.4 is 0 Å². The van der Waals surface area contributed by atoms with Crippen LogP contribution in [0.5, 0.6) is 0 Å². The maximum Gasteiger partial charge on any atom is 0.178 e. The Morgan fingerprint density at radius 3 is 2.62 bits per heavy atom. The number of allylic oxidation sites excluding steroid dienone is 6. The van der Waals surface area contributed by atoms with Crippen LogP contribution in [0.1, 0.15) is 45.4 Å². The smallest absolute Gasteiger partial charge is 0.178 e. The molecule has 110 valence electrons. The van der Waals surface area contributed by atoms with Gasteiger partial charge in [-0.15, -0.1) is 0 Å². The Balaban J connectivity index is 1.81. The molecule has 0 unspecified atom stereocenters. The number of hydrogen-bond acceptors (Lipinski definition) is 3. The summed E-state index contributed by atoms with van der Waals surface area (Å²) in [7, 11) is 0. The fraction of sp³-hybridized carbons (Fsp3) is 0.556. The van der Waals surface area contributed by atoms with E-state index in [1.807, 2.05) is 0 Å². The van der Waals surface area contributed by atoms with Gasteiger partial charge in [0.25, 0.3) is 0 Å². The van der Waals surface area contributed by atoms with Gasteiger partial charge in [0.15, 0.2) is 11.6 Å². The Morgan fingerprint density at radius 1 is 1.14 bits per heavy atom. The van der Waals surface area contributed by atoms with Crippen LogP contribution in [0.25, 0.3) is 0 Å². The van der Waals surface area contributed by atoms with Gasteiger partial charge >= 0.3 is 0 Å². The van der Waals surface area contributed by atoms with Crippen molar-refractivity contribution in [1.82, 2.24) is 0 Å². The average molecular weight is 284 g/mol. The zero-order valence-electron chi connectivity index (χ0n) is 12.4. The van der Waals surface area contributed by atoms with E-state index >= 15 is 0 Å². The molecule has 2 spiro atoms. The Labute approximate surface area is 124 Å². The summed E-state index contributed by atoms with van der Waals surface area (Å²) in [6.07, 6.45) is 14.6. The van der Waals surface area contributed by atoms with Gasteiger partial charge in [0.2, 0.25) is 0 Å². The zero-order valence-corrected chi connectivity index (χ0v) is 12.4. The molecule has 0 aromatic rings. The minimum atomic E-state index is -0.177. The van der Waals surface area contributed by atoms with E-state index in [0.29, 0.717) is 6.42 Å². The van der Waals surface area contributed by atoms with Gasteiger partial charge in [-0.2, -0.15) is 0 Å². The summed E-state index contributed by atoms with van der Waals surface area (Å²) >= 11 is 0. The lowest BCUT2D eigenvalue weighted by atomic mass is 9.55. The molecule has 1 saturated carbocycles. The monoisotopic (exact) mass is 284 g/mol. The van der Waals surface area contributed by atoms with Crippen molar-refractivity contribution in [2.24, 2.45) is 10.8 Å². The second-order valence-corrected chi connectivity index (χ2v) is 7.23. The summed E-state index contributed by atoms with van der Waals surface area (Å²) in [6, 6.07) is 0. The number of hydrogen-bond donors (Lipinski definition) is 0. The SMILES string of the molecule is CC[C@@]12CC3(C=CC(=O)C=C3)C[C@]3(CCC(=O)C=C3O1)C2. The van der Waals surface area contributed by atoms with Gasteiger partial charge in [0.05, 0.1) is 0 Å². The molecule has 2 atom stereocenters. The van der Waals surface area contributed by atoms with Crippen molar-refractivity contribution in [3.05, 3.63) is 36.1 Å². The van der Waals surface area contributed by atoms with Crippen molar-refractivity contribution >= 4 is 11.6 Å². The molecule has 0 aromatic carbocycles. The molecule has 0 radical (unpaired) electrons. The molecule has 4 aliphatic rings. The lowest BCUT2D eigenvalue weighted by Gasteiger charge is -2.46. The molecular formula is C18H20O3. The lowest BCUT2D eigenvalue weighted by Crippen LogP contribution is -2.44. The predicted octanol–water partition coefficient (Wildman–Crippen LogP) is 3.26. The number of rotatable bonds is 1. The first-order valence-electron chi connectivity index (χ1n) is 7.85. The van der Waals surface area contributed by atoms with E-state index in [4.69, 9.17) is 4.74 Å². The molecule has 3 aliphatic carbocycles. The van der Waals surface area contributed by atoms with Crippen molar-refractivity contribution in [2.45, 2.75) is 51.0 Å². The van der Waals surface area contributed by atoms with E-state index in [1.54, 1.807) is 18.2 Å². The quantitative estimate of drug-likeness (QED) is 0.742. The molecule has 1 heterocycles. The van der Waals surface area contributed by atoms with Crippen molar-refractivity contribution in [1.29, 1.82) is 0 Å². The summed E-state index contributed by atoms with van der Waals surface area (Å²) < 4.78 is 6.33. The molecule has 1 saturated heterocycles. The van der Waals surface area contributed by atoms with Crippen LogP contribution in [0.15, 0.2) is 36.1 Å². The number of carbonyl (C=O) groups excluding carboxylic acids is 2. The Morgan fingerprint density at radius 2 is 1.90 bits per heavy atom. The number of carbonyl (C=O) groups is 2. The van der Waals surface area contributed by atoms with Crippen LogP contribution in [-0.2, 0) is 14.3 Å². The Hall–Kier alpha value is -1.64. The van der Waals surface area contributed by atoms with Crippen LogP contribution in [0, 0.1) is 10.8 Å². The molecule has 21 heavy (non-hydrogen) atoms. The first-order chi connectivity index (χ1) is 9.99.